The molecule has 9 heteroatoms. The van der Waals surface area contributed by atoms with Crippen molar-refractivity contribution in [2.75, 3.05) is 6.26 Å². The lowest BCUT2D eigenvalue weighted by molar-refractivity contribution is 0.449. The molecule has 0 radical (unpaired) electrons. The molecule has 0 aliphatic heterocycles. The van der Waals surface area contributed by atoms with Gasteiger partial charge in [0.15, 0.2) is 0 Å². The molecule has 358 valence electrons. The maximum Gasteiger partial charge on any atom is 0.119 e. The topological polar surface area (TPSA) is 162 Å². The predicted octanol–water partition coefficient (Wildman–Crippen LogP) is 15.3. The van der Waals surface area contributed by atoms with Gasteiger partial charge in [-0.05, 0) is 130 Å². The SMILES string of the molecule is C.CCc1ccc(/C=C/c2cc(O)cc(O)c2)cc1.CSc1ccc(/C=C/c2cc(O)cc(O)c2)cc1.Cc1ccc(/C=C/c2cc(O)cc(O)c2)cc1.Oc1cc(O)cc(/C=C/c2ccccc2)c1. The number of hydrogen-bond donors (Lipinski definition) is 8. The van der Waals surface area contributed by atoms with Crippen LogP contribution in [0.1, 0.15) is 70.0 Å². The van der Waals surface area contributed by atoms with Gasteiger partial charge in [-0.25, -0.2) is 0 Å². The maximum absolute atomic E-state index is 9.37. The molecule has 0 saturated heterocycles. The molecule has 8 nitrogen and oxygen atoms in total. The van der Waals surface area contributed by atoms with Crippen molar-refractivity contribution in [3.8, 4) is 46.0 Å². The van der Waals surface area contributed by atoms with E-state index in [4.69, 9.17) is 0 Å². The summed E-state index contributed by atoms with van der Waals surface area (Å²) in [4.78, 5) is 1.22. The Bertz CT molecular complexity index is 2790. The van der Waals surface area contributed by atoms with E-state index in [2.05, 4.69) is 43.3 Å². The summed E-state index contributed by atoms with van der Waals surface area (Å²) < 4.78 is 0. The zero-order chi connectivity index (χ0) is 49.5. The fourth-order valence-corrected chi connectivity index (χ4v) is 6.86. The third-order valence-corrected chi connectivity index (χ3v) is 10.7. The summed E-state index contributed by atoms with van der Waals surface area (Å²) in [5.41, 5.74) is 9.92. The second kappa shape index (κ2) is 28.0. The number of aromatic hydroxyl groups is 8. The second-order valence-electron chi connectivity index (χ2n) is 15.7. The van der Waals surface area contributed by atoms with Gasteiger partial charge in [0.1, 0.15) is 46.0 Å². The highest BCUT2D eigenvalue weighted by molar-refractivity contribution is 7.98. The molecule has 8 N–H and O–H groups in total. The molecule has 70 heavy (non-hydrogen) atoms. The Kier molecular flexibility index (Phi) is 21.6. The molecule has 0 spiro atoms. The highest BCUT2D eigenvalue weighted by Crippen LogP contribution is 2.26. The molecular weight excluding hydrogens is 893 g/mol. The zero-order valence-electron chi connectivity index (χ0n) is 38.6. The standard InChI is InChI=1S/C16H16O2.C15H14O2S.C15H14O2.C14H12O2.CH4/c1-2-12-3-5-13(6-4-12)7-8-14-9-15(17)11-16(18)10-14;1-18-15-6-4-11(5-7-15)2-3-12-8-13(16)10-14(17)9-12;1-11-2-4-12(5-3-11)6-7-13-8-14(16)10-15(17)9-13;15-13-8-12(9-14(16)10-13)7-6-11-4-2-1-3-5-11;/h3-11,17-18H,2H2,1H3;2-10,16-17H,1H3;2-10,16-17H,1H3;1-10,15-16H;1H4/b8-7+;3-2+;2*7-6+;. The smallest absolute Gasteiger partial charge is 0.119 e. The van der Waals surface area contributed by atoms with E-state index in [-0.39, 0.29) is 53.4 Å². The van der Waals surface area contributed by atoms with Gasteiger partial charge in [0.25, 0.3) is 0 Å². The van der Waals surface area contributed by atoms with Crippen molar-refractivity contribution in [3.05, 3.63) is 232 Å². The van der Waals surface area contributed by atoms with Gasteiger partial charge in [0.05, 0.1) is 0 Å². The summed E-state index contributed by atoms with van der Waals surface area (Å²) in [6, 6.07) is 52.5. The van der Waals surface area contributed by atoms with Crippen molar-refractivity contribution in [1.82, 2.24) is 0 Å². The van der Waals surface area contributed by atoms with Crippen LogP contribution >= 0.6 is 11.8 Å². The minimum absolute atomic E-state index is 0. The molecule has 0 heterocycles. The molecule has 0 amide bonds. The predicted molar refractivity (Wildman–Crippen MR) is 293 cm³/mol. The van der Waals surface area contributed by atoms with Gasteiger partial charge in [-0.3, -0.25) is 0 Å². The summed E-state index contributed by atoms with van der Waals surface area (Å²) >= 11 is 1.71. The molecule has 0 aliphatic rings. The zero-order valence-corrected chi connectivity index (χ0v) is 39.4. The quantitative estimate of drug-likeness (QED) is 0.0493. The lowest BCUT2D eigenvalue weighted by Crippen LogP contribution is -1.79. The Labute approximate surface area is 415 Å². The molecular formula is C61H60O8S. The van der Waals surface area contributed by atoms with Crippen molar-refractivity contribution in [2.45, 2.75) is 32.6 Å². The van der Waals surface area contributed by atoms with E-state index < -0.39 is 0 Å². The van der Waals surface area contributed by atoms with E-state index in [0.717, 1.165) is 50.9 Å². The first-order valence-corrected chi connectivity index (χ1v) is 23.1. The van der Waals surface area contributed by atoms with Crippen LogP contribution in [0, 0.1) is 6.92 Å². The summed E-state index contributed by atoms with van der Waals surface area (Å²) in [5, 5.41) is 74.7. The van der Waals surface area contributed by atoms with Crippen LogP contribution in [0.5, 0.6) is 46.0 Å². The van der Waals surface area contributed by atoms with Crippen LogP contribution in [-0.2, 0) is 6.42 Å². The van der Waals surface area contributed by atoms with Crippen LogP contribution in [0.2, 0.25) is 0 Å². The summed E-state index contributed by atoms with van der Waals surface area (Å²) in [5.74, 6) is 0.509. The number of phenolic OH excluding ortho intramolecular Hbond substituents is 8. The number of hydrogen-bond acceptors (Lipinski definition) is 9. The van der Waals surface area contributed by atoms with Crippen molar-refractivity contribution in [1.29, 1.82) is 0 Å². The highest BCUT2D eigenvalue weighted by atomic mass is 32.2. The Hall–Kier alpha value is -8.53. The first-order valence-electron chi connectivity index (χ1n) is 21.9. The number of thioether (sulfide) groups is 1. The monoisotopic (exact) mass is 952 g/mol. The van der Waals surface area contributed by atoms with E-state index in [1.807, 2.05) is 129 Å². The second-order valence-corrected chi connectivity index (χ2v) is 16.5. The fourth-order valence-electron chi connectivity index (χ4n) is 6.45. The molecule has 8 rings (SSSR count). The first-order chi connectivity index (χ1) is 33.2. The lowest BCUT2D eigenvalue weighted by atomic mass is 10.1. The number of aryl methyl sites for hydroxylation is 2. The average molecular weight is 953 g/mol. The number of benzene rings is 8. The van der Waals surface area contributed by atoms with Gasteiger partial charge in [-0.2, -0.15) is 0 Å². The van der Waals surface area contributed by atoms with E-state index in [1.165, 1.54) is 40.3 Å². The van der Waals surface area contributed by atoms with Crippen LogP contribution in [0.4, 0.5) is 0 Å². The van der Waals surface area contributed by atoms with Crippen LogP contribution in [0.15, 0.2) is 181 Å². The summed E-state index contributed by atoms with van der Waals surface area (Å²) in [7, 11) is 0. The van der Waals surface area contributed by atoms with Gasteiger partial charge in [-0.15, -0.1) is 11.8 Å². The fraction of sp³-hybridized carbons (Fsp3) is 0.0820. The molecule has 0 fully saturated rings. The van der Waals surface area contributed by atoms with Gasteiger partial charge in [0.2, 0.25) is 0 Å². The van der Waals surface area contributed by atoms with E-state index in [1.54, 1.807) is 60.3 Å². The van der Waals surface area contributed by atoms with E-state index in [0.29, 0.717) is 0 Å². The molecule has 8 aromatic carbocycles. The molecule has 0 bridgehead atoms. The molecule has 0 aliphatic carbocycles. The van der Waals surface area contributed by atoms with Crippen LogP contribution in [0.25, 0.3) is 48.6 Å². The van der Waals surface area contributed by atoms with Gasteiger partial charge < -0.3 is 40.9 Å². The number of rotatable bonds is 10. The van der Waals surface area contributed by atoms with Crippen molar-refractivity contribution < 1.29 is 40.9 Å². The van der Waals surface area contributed by atoms with Crippen LogP contribution in [-0.4, -0.2) is 47.1 Å². The highest BCUT2D eigenvalue weighted by Gasteiger charge is 2.00. The van der Waals surface area contributed by atoms with Crippen molar-refractivity contribution >= 4 is 60.4 Å². The maximum atomic E-state index is 9.37. The largest absolute Gasteiger partial charge is 0.508 e. The Morgan fingerprint density at radius 2 is 0.586 bits per heavy atom. The van der Waals surface area contributed by atoms with Gasteiger partial charge >= 0.3 is 0 Å². The Morgan fingerprint density at radius 1 is 0.329 bits per heavy atom. The first kappa shape index (κ1) is 54.1. The van der Waals surface area contributed by atoms with E-state index >= 15 is 0 Å². The van der Waals surface area contributed by atoms with Crippen molar-refractivity contribution in [2.24, 2.45) is 0 Å². The molecule has 0 atom stereocenters. The normalized spacial score (nSPS) is 10.7. The number of phenols is 8. The molecule has 0 unspecified atom stereocenters. The van der Waals surface area contributed by atoms with Gasteiger partial charge in [-0.1, -0.05) is 160 Å². The molecule has 0 saturated carbocycles. The molecule has 8 aromatic rings. The summed E-state index contributed by atoms with van der Waals surface area (Å²) in [6.07, 6.45) is 18.2. The van der Waals surface area contributed by atoms with E-state index in [9.17, 15) is 40.9 Å². The average Bonchev–Trinajstić information content (AvgIpc) is 3.32. The minimum atomic E-state index is 0. The van der Waals surface area contributed by atoms with Crippen LogP contribution < -0.4 is 0 Å². The lowest BCUT2D eigenvalue weighted by Gasteiger charge is -1.99. The Morgan fingerprint density at radius 3 is 0.871 bits per heavy atom. The summed E-state index contributed by atoms with van der Waals surface area (Å²) in [6.45, 7) is 4.17. The Balaban J connectivity index is 0.000000202. The van der Waals surface area contributed by atoms with Crippen molar-refractivity contribution in [3.63, 3.8) is 0 Å². The van der Waals surface area contributed by atoms with Crippen LogP contribution in [0.3, 0.4) is 0 Å². The minimum Gasteiger partial charge on any atom is -0.508 e. The van der Waals surface area contributed by atoms with Gasteiger partial charge in [0, 0.05) is 29.2 Å². The third-order valence-electron chi connectivity index (χ3n) is 9.95. The third kappa shape index (κ3) is 19.7. The molecule has 0 aromatic heterocycles.